The van der Waals surface area contributed by atoms with Crippen molar-refractivity contribution in [1.82, 2.24) is 5.32 Å². The van der Waals surface area contributed by atoms with Crippen molar-refractivity contribution in [2.24, 2.45) is 0 Å². The lowest BCUT2D eigenvalue weighted by molar-refractivity contribution is -0.116. The summed E-state index contributed by atoms with van der Waals surface area (Å²) in [6.45, 7) is 4.39. The highest BCUT2D eigenvalue weighted by atomic mass is 35.5. The maximum Gasteiger partial charge on any atom is 0.226 e. The summed E-state index contributed by atoms with van der Waals surface area (Å²) in [7, 11) is 0. The van der Waals surface area contributed by atoms with Gasteiger partial charge in [0.15, 0.2) is 5.75 Å². The van der Waals surface area contributed by atoms with Crippen LogP contribution in [-0.2, 0) is 9.53 Å². The molecular formula is C16H23ClN2O3S. The smallest absolute Gasteiger partial charge is 0.226 e. The zero-order valence-electron chi connectivity index (χ0n) is 13.3. The zero-order chi connectivity index (χ0) is 16.5. The summed E-state index contributed by atoms with van der Waals surface area (Å²) in [5, 5.41) is 6.73. The van der Waals surface area contributed by atoms with E-state index in [1.807, 2.05) is 18.7 Å². The first-order chi connectivity index (χ1) is 11.2. The Hall–Kier alpha value is -0.950. The number of thioether (sulfide) groups is 1. The molecule has 2 rings (SSSR count). The molecule has 0 bridgehead atoms. The molecule has 0 spiro atoms. The van der Waals surface area contributed by atoms with Gasteiger partial charge in [-0.1, -0.05) is 17.7 Å². The molecule has 5 nitrogen and oxygen atoms in total. The summed E-state index contributed by atoms with van der Waals surface area (Å²) < 4.78 is 10.9. The Bertz CT molecular complexity index is 510. The average molecular weight is 359 g/mol. The molecule has 23 heavy (non-hydrogen) atoms. The Kier molecular flexibility index (Phi) is 8.02. The molecule has 7 heteroatoms. The van der Waals surface area contributed by atoms with Crippen molar-refractivity contribution < 1.29 is 14.3 Å². The predicted octanol–water partition coefficient (Wildman–Crippen LogP) is 2.79. The lowest BCUT2D eigenvalue weighted by Gasteiger charge is -2.22. The van der Waals surface area contributed by atoms with Gasteiger partial charge in [-0.2, -0.15) is 11.8 Å². The normalized spacial score (nSPS) is 17.7. The van der Waals surface area contributed by atoms with Crippen LogP contribution in [0.25, 0.3) is 0 Å². The molecule has 0 aromatic heterocycles. The van der Waals surface area contributed by atoms with E-state index in [4.69, 9.17) is 21.1 Å². The zero-order valence-corrected chi connectivity index (χ0v) is 14.8. The molecule has 1 atom stereocenters. The first-order valence-electron chi connectivity index (χ1n) is 7.80. The SMILES string of the molecule is CCOCCOc1c(Cl)cccc1NC(=O)CC1CSCCN1. The number of hydrogen-bond donors (Lipinski definition) is 2. The van der Waals surface area contributed by atoms with Crippen molar-refractivity contribution in [2.45, 2.75) is 19.4 Å². The van der Waals surface area contributed by atoms with Gasteiger partial charge in [0.25, 0.3) is 0 Å². The van der Waals surface area contributed by atoms with Crippen molar-refractivity contribution >= 4 is 35.0 Å². The van der Waals surface area contributed by atoms with Gasteiger partial charge in [0, 0.05) is 37.1 Å². The highest BCUT2D eigenvalue weighted by molar-refractivity contribution is 7.99. The molecule has 1 aromatic rings. The number of nitrogens with one attached hydrogen (secondary N) is 2. The van der Waals surface area contributed by atoms with Gasteiger partial charge < -0.3 is 20.1 Å². The third kappa shape index (κ3) is 6.22. The fourth-order valence-corrected chi connectivity index (χ4v) is 3.45. The minimum absolute atomic E-state index is 0.0399. The van der Waals surface area contributed by atoms with Crippen LogP contribution in [0.4, 0.5) is 5.69 Å². The second-order valence-corrected chi connectivity index (χ2v) is 6.70. The average Bonchev–Trinajstić information content (AvgIpc) is 2.54. The number of para-hydroxylation sites is 1. The van der Waals surface area contributed by atoms with Gasteiger partial charge in [0.1, 0.15) is 6.61 Å². The summed E-state index contributed by atoms with van der Waals surface area (Å²) in [5.41, 5.74) is 0.600. The minimum atomic E-state index is -0.0399. The number of hydrogen-bond acceptors (Lipinski definition) is 5. The van der Waals surface area contributed by atoms with Gasteiger partial charge in [-0.15, -0.1) is 0 Å². The van der Waals surface area contributed by atoms with E-state index in [0.717, 1.165) is 18.1 Å². The van der Waals surface area contributed by atoms with Crippen molar-refractivity contribution in [3.05, 3.63) is 23.2 Å². The molecule has 1 heterocycles. The Morgan fingerprint density at radius 1 is 1.48 bits per heavy atom. The fourth-order valence-electron chi connectivity index (χ4n) is 2.28. The van der Waals surface area contributed by atoms with Crippen LogP contribution < -0.4 is 15.4 Å². The summed E-state index contributed by atoms with van der Waals surface area (Å²) in [5.74, 6) is 2.51. The molecular weight excluding hydrogens is 336 g/mol. The number of amides is 1. The van der Waals surface area contributed by atoms with Crippen molar-refractivity contribution in [2.75, 3.05) is 43.2 Å². The molecule has 1 amide bonds. The maximum atomic E-state index is 12.2. The molecule has 1 aliphatic heterocycles. The number of halogens is 1. The molecule has 0 saturated carbocycles. The topological polar surface area (TPSA) is 59.6 Å². The van der Waals surface area contributed by atoms with Gasteiger partial charge in [0.2, 0.25) is 5.91 Å². The highest BCUT2D eigenvalue weighted by Gasteiger charge is 2.18. The van der Waals surface area contributed by atoms with Crippen LogP contribution in [0.5, 0.6) is 5.75 Å². The van der Waals surface area contributed by atoms with E-state index in [1.54, 1.807) is 18.2 Å². The van der Waals surface area contributed by atoms with Gasteiger partial charge in [-0.3, -0.25) is 4.79 Å². The molecule has 1 aromatic carbocycles. The number of anilines is 1. The Morgan fingerprint density at radius 3 is 3.09 bits per heavy atom. The summed E-state index contributed by atoms with van der Waals surface area (Å²) in [6, 6.07) is 5.55. The Labute approximate surface area is 146 Å². The van der Waals surface area contributed by atoms with E-state index in [0.29, 0.717) is 42.7 Å². The third-order valence-electron chi connectivity index (χ3n) is 3.35. The van der Waals surface area contributed by atoms with Crippen molar-refractivity contribution in [3.63, 3.8) is 0 Å². The van der Waals surface area contributed by atoms with Gasteiger partial charge in [0.05, 0.1) is 17.3 Å². The molecule has 0 radical (unpaired) electrons. The molecule has 128 valence electrons. The largest absolute Gasteiger partial charge is 0.487 e. The molecule has 0 aliphatic carbocycles. The second kappa shape index (κ2) is 10.0. The van der Waals surface area contributed by atoms with Crippen LogP contribution in [0, 0.1) is 0 Å². The van der Waals surface area contributed by atoms with Crippen molar-refractivity contribution in [3.8, 4) is 5.75 Å². The quantitative estimate of drug-likeness (QED) is 0.700. The highest BCUT2D eigenvalue weighted by Crippen LogP contribution is 2.33. The predicted molar refractivity (Wildman–Crippen MR) is 95.8 cm³/mol. The van der Waals surface area contributed by atoms with Gasteiger partial charge in [-0.25, -0.2) is 0 Å². The maximum absolute atomic E-state index is 12.2. The van der Waals surface area contributed by atoms with E-state index in [2.05, 4.69) is 10.6 Å². The van der Waals surface area contributed by atoms with E-state index >= 15 is 0 Å². The lowest BCUT2D eigenvalue weighted by Crippen LogP contribution is -2.39. The van der Waals surface area contributed by atoms with Crippen LogP contribution in [0.15, 0.2) is 18.2 Å². The molecule has 2 N–H and O–H groups in total. The van der Waals surface area contributed by atoms with Crippen LogP contribution in [-0.4, -0.2) is 49.8 Å². The minimum Gasteiger partial charge on any atom is -0.487 e. The number of ether oxygens (including phenoxy) is 2. The number of carbonyl (C=O) groups is 1. The van der Waals surface area contributed by atoms with E-state index in [1.165, 1.54) is 0 Å². The van der Waals surface area contributed by atoms with E-state index in [9.17, 15) is 4.79 Å². The first kappa shape index (κ1) is 18.4. The standard InChI is InChI=1S/C16H23ClN2O3S/c1-2-21-7-8-22-16-13(17)4-3-5-14(16)19-15(20)10-12-11-23-9-6-18-12/h3-5,12,18H,2,6-11H2,1H3,(H,19,20). The Balaban J connectivity index is 1.92. The first-order valence-corrected chi connectivity index (χ1v) is 9.34. The molecule has 1 aliphatic rings. The summed E-state index contributed by atoms with van der Waals surface area (Å²) in [4.78, 5) is 12.2. The van der Waals surface area contributed by atoms with Crippen LogP contribution in [0.3, 0.4) is 0 Å². The van der Waals surface area contributed by atoms with Gasteiger partial charge >= 0.3 is 0 Å². The van der Waals surface area contributed by atoms with Crippen LogP contribution in [0.1, 0.15) is 13.3 Å². The number of benzene rings is 1. The van der Waals surface area contributed by atoms with Crippen LogP contribution >= 0.6 is 23.4 Å². The van der Waals surface area contributed by atoms with E-state index < -0.39 is 0 Å². The number of carbonyl (C=O) groups excluding carboxylic acids is 1. The molecule has 1 fully saturated rings. The van der Waals surface area contributed by atoms with Crippen molar-refractivity contribution in [1.29, 1.82) is 0 Å². The molecule has 1 saturated heterocycles. The summed E-state index contributed by atoms with van der Waals surface area (Å²) >= 11 is 8.06. The third-order valence-corrected chi connectivity index (χ3v) is 4.78. The van der Waals surface area contributed by atoms with E-state index in [-0.39, 0.29) is 11.9 Å². The lowest BCUT2D eigenvalue weighted by atomic mass is 10.2. The summed E-state index contributed by atoms with van der Waals surface area (Å²) in [6.07, 6.45) is 0.442. The van der Waals surface area contributed by atoms with Gasteiger partial charge in [-0.05, 0) is 19.1 Å². The molecule has 1 unspecified atom stereocenters. The Morgan fingerprint density at radius 2 is 2.35 bits per heavy atom. The second-order valence-electron chi connectivity index (χ2n) is 5.14. The van der Waals surface area contributed by atoms with Crippen LogP contribution in [0.2, 0.25) is 5.02 Å². The fraction of sp³-hybridized carbons (Fsp3) is 0.562. The number of rotatable bonds is 8. The monoisotopic (exact) mass is 358 g/mol.